The standard InChI is InChI=1S/C13H25N3O2/c1-12-10-16(7-3-9-18-12)13(17)11-15-6-2-4-14-5-8-15/h12,14H,2-11H2,1H3. The molecule has 2 aliphatic heterocycles. The van der Waals surface area contributed by atoms with Crippen LogP contribution in [0.15, 0.2) is 0 Å². The van der Waals surface area contributed by atoms with Crippen molar-refractivity contribution in [1.29, 1.82) is 0 Å². The molecule has 0 spiro atoms. The van der Waals surface area contributed by atoms with E-state index in [9.17, 15) is 4.79 Å². The van der Waals surface area contributed by atoms with Crippen LogP contribution < -0.4 is 5.32 Å². The first-order chi connectivity index (χ1) is 8.75. The summed E-state index contributed by atoms with van der Waals surface area (Å²) in [5.41, 5.74) is 0. The van der Waals surface area contributed by atoms with Gasteiger partial charge < -0.3 is 15.0 Å². The van der Waals surface area contributed by atoms with Crippen molar-refractivity contribution in [3.8, 4) is 0 Å². The summed E-state index contributed by atoms with van der Waals surface area (Å²) in [6.07, 6.45) is 2.26. The lowest BCUT2D eigenvalue weighted by Gasteiger charge is -2.26. The number of rotatable bonds is 2. The van der Waals surface area contributed by atoms with Crippen molar-refractivity contribution in [2.75, 3.05) is 52.4 Å². The van der Waals surface area contributed by atoms with E-state index < -0.39 is 0 Å². The third-order valence-electron chi connectivity index (χ3n) is 3.60. The molecule has 0 radical (unpaired) electrons. The Hall–Kier alpha value is -0.650. The molecular weight excluding hydrogens is 230 g/mol. The topological polar surface area (TPSA) is 44.8 Å². The summed E-state index contributed by atoms with van der Waals surface area (Å²) in [5, 5.41) is 3.36. The van der Waals surface area contributed by atoms with E-state index >= 15 is 0 Å². The van der Waals surface area contributed by atoms with Gasteiger partial charge in [0.1, 0.15) is 0 Å². The molecular formula is C13H25N3O2. The first-order valence-electron chi connectivity index (χ1n) is 7.08. The Balaban J connectivity index is 1.81. The molecule has 18 heavy (non-hydrogen) atoms. The summed E-state index contributed by atoms with van der Waals surface area (Å²) in [4.78, 5) is 16.5. The van der Waals surface area contributed by atoms with Gasteiger partial charge in [-0.05, 0) is 32.9 Å². The number of amides is 1. The fourth-order valence-electron chi connectivity index (χ4n) is 2.57. The molecule has 0 aromatic rings. The summed E-state index contributed by atoms with van der Waals surface area (Å²) >= 11 is 0. The van der Waals surface area contributed by atoms with Crippen LogP contribution in [-0.2, 0) is 9.53 Å². The van der Waals surface area contributed by atoms with Crippen molar-refractivity contribution in [2.24, 2.45) is 0 Å². The van der Waals surface area contributed by atoms with Crippen LogP contribution >= 0.6 is 0 Å². The van der Waals surface area contributed by atoms with E-state index in [1.165, 1.54) is 0 Å². The van der Waals surface area contributed by atoms with Crippen LogP contribution in [-0.4, -0.2) is 74.2 Å². The van der Waals surface area contributed by atoms with E-state index in [-0.39, 0.29) is 12.0 Å². The second-order valence-corrected chi connectivity index (χ2v) is 5.25. The van der Waals surface area contributed by atoms with E-state index in [1.807, 2.05) is 11.8 Å². The first kappa shape index (κ1) is 13.8. The predicted molar refractivity (Wildman–Crippen MR) is 70.5 cm³/mol. The van der Waals surface area contributed by atoms with Crippen LogP contribution in [0.2, 0.25) is 0 Å². The summed E-state index contributed by atoms with van der Waals surface area (Å²) < 4.78 is 5.58. The molecule has 1 N–H and O–H groups in total. The zero-order valence-electron chi connectivity index (χ0n) is 11.4. The molecule has 2 rings (SSSR count). The molecule has 1 unspecified atom stereocenters. The maximum absolute atomic E-state index is 12.3. The van der Waals surface area contributed by atoms with Crippen molar-refractivity contribution in [3.63, 3.8) is 0 Å². The molecule has 0 aromatic carbocycles. The number of nitrogens with zero attached hydrogens (tertiary/aromatic N) is 2. The highest BCUT2D eigenvalue weighted by Crippen LogP contribution is 2.07. The maximum atomic E-state index is 12.3. The van der Waals surface area contributed by atoms with Gasteiger partial charge in [-0.2, -0.15) is 0 Å². The van der Waals surface area contributed by atoms with Crippen LogP contribution in [0.5, 0.6) is 0 Å². The highest BCUT2D eigenvalue weighted by atomic mass is 16.5. The van der Waals surface area contributed by atoms with Gasteiger partial charge >= 0.3 is 0 Å². The number of nitrogens with one attached hydrogen (secondary N) is 1. The zero-order valence-corrected chi connectivity index (χ0v) is 11.4. The zero-order chi connectivity index (χ0) is 12.8. The monoisotopic (exact) mass is 255 g/mol. The molecule has 5 nitrogen and oxygen atoms in total. The Bertz CT molecular complexity index is 265. The van der Waals surface area contributed by atoms with Crippen molar-refractivity contribution >= 4 is 5.91 Å². The minimum Gasteiger partial charge on any atom is -0.377 e. The van der Waals surface area contributed by atoms with Gasteiger partial charge in [0.25, 0.3) is 0 Å². The number of hydrogen-bond donors (Lipinski definition) is 1. The highest BCUT2D eigenvalue weighted by molar-refractivity contribution is 5.78. The molecule has 0 aromatic heterocycles. The van der Waals surface area contributed by atoms with Crippen molar-refractivity contribution in [3.05, 3.63) is 0 Å². The lowest BCUT2D eigenvalue weighted by molar-refractivity contribution is -0.133. The molecule has 2 heterocycles. The molecule has 1 atom stereocenters. The van der Waals surface area contributed by atoms with Crippen LogP contribution in [0.1, 0.15) is 19.8 Å². The van der Waals surface area contributed by atoms with Gasteiger partial charge in [0.05, 0.1) is 12.6 Å². The van der Waals surface area contributed by atoms with E-state index in [4.69, 9.17) is 4.74 Å². The van der Waals surface area contributed by atoms with Crippen molar-refractivity contribution in [2.45, 2.75) is 25.9 Å². The molecule has 2 fully saturated rings. The largest absolute Gasteiger partial charge is 0.377 e. The summed E-state index contributed by atoms with van der Waals surface area (Å²) in [5.74, 6) is 0.259. The van der Waals surface area contributed by atoms with Gasteiger partial charge in [0, 0.05) is 32.8 Å². The van der Waals surface area contributed by atoms with Gasteiger partial charge in [0.15, 0.2) is 0 Å². The normalized spacial score (nSPS) is 27.6. The SMILES string of the molecule is CC1CN(C(=O)CN2CCCNCC2)CCCO1. The Morgan fingerprint density at radius 2 is 2.17 bits per heavy atom. The minimum absolute atomic E-state index is 0.169. The van der Waals surface area contributed by atoms with Crippen LogP contribution in [0.3, 0.4) is 0 Å². The van der Waals surface area contributed by atoms with Crippen LogP contribution in [0, 0.1) is 0 Å². The van der Waals surface area contributed by atoms with Crippen molar-refractivity contribution in [1.82, 2.24) is 15.1 Å². The first-order valence-corrected chi connectivity index (χ1v) is 7.08. The predicted octanol–water partition coefficient (Wildman–Crippen LogP) is -0.0809. The molecule has 0 saturated carbocycles. The van der Waals surface area contributed by atoms with E-state index in [0.717, 1.165) is 58.7 Å². The van der Waals surface area contributed by atoms with Crippen molar-refractivity contribution < 1.29 is 9.53 Å². The number of hydrogen-bond acceptors (Lipinski definition) is 4. The molecule has 2 saturated heterocycles. The fourth-order valence-corrected chi connectivity index (χ4v) is 2.57. The smallest absolute Gasteiger partial charge is 0.236 e. The Labute approximate surface area is 109 Å². The molecule has 1 amide bonds. The van der Waals surface area contributed by atoms with E-state index in [0.29, 0.717) is 6.54 Å². The Morgan fingerprint density at radius 1 is 1.28 bits per heavy atom. The number of carbonyl (C=O) groups is 1. The van der Waals surface area contributed by atoms with E-state index in [2.05, 4.69) is 10.2 Å². The maximum Gasteiger partial charge on any atom is 0.236 e. The molecule has 104 valence electrons. The van der Waals surface area contributed by atoms with Gasteiger partial charge in [-0.1, -0.05) is 0 Å². The molecule has 5 heteroatoms. The fraction of sp³-hybridized carbons (Fsp3) is 0.923. The third kappa shape index (κ3) is 4.23. The van der Waals surface area contributed by atoms with Gasteiger partial charge in [-0.3, -0.25) is 9.69 Å². The molecule has 0 bridgehead atoms. The summed E-state index contributed by atoms with van der Waals surface area (Å²) in [7, 11) is 0. The highest BCUT2D eigenvalue weighted by Gasteiger charge is 2.21. The van der Waals surface area contributed by atoms with Gasteiger partial charge in [-0.15, -0.1) is 0 Å². The second kappa shape index (κ2) is 7.07. The molecule has 2 aliphatic rings. The lowest BCUT2D eigenvalue weighted by atomic mass is 10.3. The number of carbonyl (C=O) groups excluding carboxylic acids is 1. The Kier molecular flexibility index (Phi) is 5.41. The quantitative estimate of drug-likeness (QED) is 0.749. The van der Waals surface area contributed by atoms with Crippen LogP contribution in [0.25, 0.3) is 0 Å². The Morgan fingerprint density at radius 3 is 3.06 bits per heavy atom. The lowest BCUT2D eigenvalue weighted by Crippen LogP contribution is -2.43. The van der Waals surface area contributed by atoms with Crippen LogP contribution in [0.4, 0.5) is 0 Å². The van der Waals surface area contributed by atoms with Gasteiger partial charge in [-0.25, -0.2) is 0 Å². The summed E-state index contributed by atoms with van der Waals surface area (Å²) in [6, 6.07) is 0. The third-order valence-corrected chi connectivity index (χ3v) is 3.60. The average molecular weight is 255 g/mol. The number of ether oxygens (including phenoxy) is 1. The molecule has 0 aliphatic carbocycles. The summed E-state index contributed by atoms with van der Waals surface area (Å²) in [6.45, 7) is 9.03. The van der Waals surface area contributed by atoms with Gasteiger partial charge in [0.2, 0.25) is 5.91 Å². The average Bonchev–Trinajstić information content (AvgIpc) is 2.71. The van der Waals surface area contributed by atoms with E-state index in [1.54, 1.807) is 0 Å². The minimum atomic E-state index is 0.169. The second-order valence-electron chi connectivity index (χ2n) is 5.25.